The van der Waals surface area contributed by atoms with E-state index in [1.165, 1.54) is 25.1 Å². The summed E-state index contributed by atoms with van der Waals surface area (Å²) in [6.45, 7) is 1.27. The molecule has 0 aliphatic rings. The second-order valence-corrected chi connectivity index (χ2v) is 5.09. The summed E-state index contributed by atoms with van der Waals surface area (Å²) < 4.78 is 58.3. The molecule has 0 bridgehead atoms. The van der Waals surface area contributed by atoms with Gasteiger partial charge in [0.2, 0.25) is 0 Å². The maximum Gasteiger partial charge on any atom is 0.573 e. The molecular formula is C17H13F4NO4. The van der Waals surface area contributed by atoms with E-state index >= 15 is 0 Å². The molecule has 0 unspecified atom stereocenters. The van der Waals surface area contributed by atoms with Crippen LogP contribution in [0, 0.1) is 5.82 Å². The van der Waals surface area contributed by atoms with Crippen LogP contribution in [0.2, 0.25) is 0 Å². The SMILES string of the molecule is C[C@@H](OC(=O)c1ccc(OC(F)(F)F)cc1)C(=O)Nc1ccccc1F. The van der Waals surface area contributed by atoms with Crippen LogP contribution in [0.15, 0.2) is 48.5 Å². The maximum absolute atomic E-state index is 13.5. The number of halogens is 4. The predicted octanol–water partition coefficient (Wildman–Crippen LogP) is 3.91. The number of ether oxygens (including phenoxy) is 2. The Labute approximate surface area is 145 Å². The fourth-order valence-electron chi connectivity index (χ4n) is 1.87. The Hall–Kier alpha value is -3.10. The number of anilines is 1. The maximum atomic E-state index is 13.5. The molecule has 0 radical (unpaired) electrons. The first-order chi connectivity index (χ1) is 12.2. The molecule has 2 rings (SSSR count). The van der Waals surface area contributed by atoms with Gasteiger partial charge in [0, 0.05) is 0 Å². The summed E-state index contributed by atoms with van der Waals surface area (Å²) in [6, 6.07) is 9.44. The van der Waals surface area contributed by atoms with E-state index in [9.17, 15) is 27.2 Å². The molecule has 0 saturated carbocycles. The lowest BCUT2D eigenvalue weighted by Gasteiger charge is -2.14. The van der Waals surface area contributed by atoms with Gasteiger partial charge in [0.25, 0.3) is 5.91 Å². The fraction of sp³-hybridized carbons (Fsp3) is 0.176. The van der Waals surface area contributed by atoms with Crippen LogP contribution in [-0.4, -0.2) is 24.3 Å². The molecule has 1 N–H and O–H groups in total. The second kappa shape index (κ2) is 7.85. The standard InChI is InChI=1S/C17H13F4NO4/c1-10(15(23)22-14-5-3-2-4-13(14)18)25-16(24)11-6-8-12(9-7-11)26-17(19,20)21/h2-10H,1H3,(H,22,23)/t10-/m1/s1. The Morgan fingerprint density at radius 3 is 2.23 bits per heavy atom. The average Bonchev–Trinajstić information content (AvgIpc) is 2.56. The van der Waals surface area contributed by atoms with Crippen LogP contribution in [0.5, 0.6) is 5.75 Å². The smallest absolute Gasteiger partial charge is 0.449 e. The molecule has 0 fully saturated rings. The van der Waals surface area contributed by atoms with E-state index in [-0.39, 0.29) is 11.3 Å². The van der Waals surface area contributed by atoms with Crippen molar-refractivity contribution in [1.29, 1.82) is 0 Å². The third-order valence-corrected chi connectivity index (χ3v) is 3.11. The molecule has 0 aliphatic heterocycles. The van der Waals surface area contributed by atoms with Crippen LogP contribution in [0.4, 0.5) is 23.2 Å². The van der Waals surface area contributed by atoms with Gasteiger partial charge in [-0.3, -0.25) is 4.79 Å². The quantitative estimate of drug-likeness (QED) is 0.639. The summed E-state index contributed by atoms with van der Waals surface area (Å²) in [4.78, 5) is 23.9. The van der Waals surface area contributed by atoms with Gasteiger partial charge in [0.15, 0.2) is 6.10 Å². The summed E-state index contributed by atoms with van der Waals surface area (Å²) in [6.07, 6.45) is -6.10. The number of nitrogens with one attached hydrogen (secondary N) is 1. The molecule has 0 spiro atoms. The van der Waals surface area contributed by atoms with Crippen molar-refractivity contribution < 1.29 is 36.6 Å². The number of rotatable bonds is 5. The summed E-state index contributed by atoms with van der Waals surface area (Å²) >= 11 is 0. The number of esters is 1. The normalized spacial score (nSPS) is 12.2. The van der Waals surface area contributed by atoms with Gasteiger partial charge in [-0.15, -0.1) is 13.2 Å². The number of hydrogen-bond acceptors (Lipinski definition) is 4. The highest BCUT2D eigenvalue weighted by Gasteiger charge is 2.31. The molecule has 0 saturated heterocycles. The van der Waals surface area contributed by atoms with Gasteiger partial charge in [-0.2, -0.15) is 0 Å². The molecule has 138 valence electrons. The number of benzene rings is 2. The molecule has 2 aromatic carbocycles. The highest BCUT2D eigenvalue weighted by Crippen LogP contribution is 2.23. The summed E-state index contributed by atoms with van der Waals surface area (Å²) in [5.74, 6) is -2.85. The summed E-state index contributed by atoms with van der Waals surface area (Å²) in [5, 5.41) is 2.27. The summed E-state index contributed by atoms with van der Waals surface area (Å²) in [7, 11) is 0. The number of hydrogen-bond donors (Lipinski definition) is 1. The lowest BCUT2D eigenvalue weighted by Crippen LogP contribution is -2.30. The van der Waals surface area contributed by atoms with Crippen LogP contribution in [-0.2, 0) is 9.53 Å². The number of carbonyl (C=O) groups excluding carboxylic acids is 2. The van der Waals surface area contributed by atoms with Gasteiger partial charge < -0.3 is 14.8 Å². The highest BCUT2D eigenvalue weighted by molar-refractivity contribution is 5.97. The summed E-state index contributed by atoms with van der Waals surface area (Å²) in [5.41, 5.74) is -0.154. The van der Waals surface area contributed by atoms with Crippen molar-refractivity contribution in [2.75, 3.05) is 5.32 Å². The molecule has 0 aromatic heterocycles. The van der Waals surface area contributed by atoms with E-state index in [1.54, 1.807) is 0 Å². The van der Waals surface area contributed by atoms with Crippen LogP contribution in [0.3, 0.4) is 0 Å². The number of para-hydroxylation sites is 1. The minimum atomic E-state index is -4.85. The van der Waals surface area contributed by atoms with Gasteiger partial charge in [0.05, 0.1) is 11.3 Å². The van der Waals surface area contributed by atoms with Gasteiger partial charge in [-0.1, -0.05) is 12.1 Å². The number of carbonyl (C=O) groups is 2. The topological polar surface area (TPSA) is 64.6 Å². The zero-order valence-corrected chi connectivity index (χ0v) is 13.3. The fourth-order valence-corrected chi connectivity index (χ4v) is 1.87. The van der Waals surface area contributed by atoms with Gasteiger partial charge in [-0.25, -0.2) is 9.18 Å². The van der Waals surface area contributed by atoms with Crippen molar-refractivity contribution in [2.24, 2.45) is 0 Å². The van der Waals surface area contributed by atoms with Crippen molar-refractivity contribution in [3.63, 3.8) is 0 Å². The first kappa shape index (κ1) is 19.2. The first-order valence-corrected chi connectivity index (χ1v) is 7.28. The molecule has 9 heteroatoms. The lowest BCUT2D eigenvalue weighted by molar-refractivity contribution is -0.274. The highest BCUT2D eigenvalue weighted by atomic mass is 19.4. The van der Waals surface area contributed by atoms with E-state index < -0.39 is 35.9 Å². The van der Waals surface area contributed by atoms with Crippen LogP contribution >= 0.6 is 0 Å². The second-order valence-electron chi connectivity index (χ2n) is 5.09. The van der Waals surface area contributed by atoms with Crippen molar-refractivity contribution >= 4 is 17.6 Å². The number of amides is 1. The molecule has 1 atom stereocenters. The Balaban J connectivity index is 1.96. The van der Waals surface area contributed by atoms with Crippen molar-refractivity contribution in [3.8, 4) is 5.75 Å². The van der Waals surface area contributed by atoms with Gasteiger partial charge in [-0.05, 0) is 43.3 Å². The third-order valence-electron chi connectivity index (χ3n) is 3.11. The zero-order chi connectivity index (χ0) is 19.3. The monoisotopic (exact) mass is 371 g/mol. The van der Waals surface area contributed by atoms with E-state index in [4.69, 9.17) is 4.74 Å². The van der Waals surface area contributed by atoms with E-state index in [1.807, 2.05) is 0 Å². The third kappa shape index (κ3) is 5.47. The van der Waals surface area contributed by atoms with Crippen molar-refractivity contribution in [1.82, 2.24) is 0 Å². The largest absolute Gasteiger partial charge is 0.573 e. The minimum Gasteiger partial charge on any atom is -0.449 e. The Morgan fingerprint density at radius 2 is 1.65 bits per heavy atom. The lowest BCUT2D eigenvalue weighted by atomic mass is 10.2. The van der Waals surface area contributed by atoms with E-state index in [0.717, 1.165) is 30.3 Å². The molecule has 5 nitrogen and oxygen atoms in total. The van der Waals surface area contributed by atoms with Crippen LogP contribution in [0.25, 0.3) is 0 Å². The first-order valence-electron chi connectivity index (χ1n) is 7.28. The van der Waals surface area contributed by atoms with Crippen LogP contribution < -0.4 is 10.1 Å². The van der Waals surface area contributed by atoms with Gasteiger partial charge >= 0.3 is 12.3 Å². The van der Waals surface area contributed by atoms with E-state index in [2.05, 4.69) is 10.1 Å². The molecule has 1 amide bonds. The van der Waals surface area contributed by atoms with Gasteiger partial charge in [0.1, 0.15) is 11.6 Å². The number of alkyl halides is 3. The molecule has 26 heavy (non-hydrogen) atoms. The molecule has 0 aliphatic carbocycles. The molecule has 2 aromatic rings. The predicted molar refractivity (Wildman–Crippen MR) is 83.0 cm³/mol. The Kier molecular flexibility index (Phi) is 5.81. The molecule has 0 heterocycles. The van der Waals surface area contributed by atoms with Crippen molar-refractivity contribution in [3.05, 3.63) is 59.9 Å². The average molecular weight is 371 g/mol. The zero-order valence-electron chi connectivity index (χ0n) is 13.3. The Bertz CT molecular complexity index is 790. The molecular weight excluding hydrogens is 358 g/mol. The Morgan fingerprint density at radius 1 is 1.04 bits per heavy atom. The minimum absolute atomic E-state index is 0.0750. The van der Waals surface area contributed by atoms with E-state index in [0.29, 0.717) is 0 Å². The van der Waals surface area contributed by atoms with Crippen LogP contribution in [0.1, 0.15) is 17.3 Å². The van der Waals surface area contributed by atoms with Crippen molar-refractivity contribution in [2.45, 2.75) is 19.4 Å².